The molecule has 0 N–H and O–H groups in total. The Hall–Kier alpha value is -1.06. The lowest BCUT2D eigenvalue weighted by Crippen LogP contribution is -2.28. The van der Waals surface area contributed by atoms with Crippen molar-refractivity contribution in [3.05, 3.63) is 0 Å². The number of hydrogen-bond donors (Lipinski definition) is 0. The summed E-state index contributed by atoms with van der Waals surface area (Å²) in [5, 5.41) is 0. The lowest BCUT2D eigenvalue weighted by Gasteiger charge is -2.23. The first-order chi connectivity index (χ1) is 8.80. The third-order valence-electron chi connectivity index (χ3n) is 2.79. The number of esters is 2. The van der Waals surface area contributed by atoms with E-state index in [1.54, 1.807) is 0 Å². The molecule has 0 saturated heterocycles. The summed E-state index contributed by atoms with van der Waals surface area (Å²) in [4.78, 5) is 23.0. The maximum absolute atomic E-state index is 12.0. The molecule has 19 heavy (non-hydrogen) atoms. The predicted octanol–water partition coefficient (Wildman–Crippen LogP) is 3.48. The van der Waals surface area contributed by atoms with Gasteiger partial charge in [0, 0.05) is 6.42 Å². The molecule has 0 rings (SSSR count). The quantitative estimate of drug-likeness (QED) is 0.501. The van der Waals surface area contributed by atoms with Crippen molar-refractivity contribution in [1.82, 2.24) is 0 Å². The summed E-state index contributed by atoms with van der Waals surface area (Å²) < 4.78 is 10.0. The zero-order valence-electron chi connectivity index (χ0n) is 13.0. The normalized spacial score (nSPS) is 12.9. The number of carbonyl (C=O) groups is 2. The van der Waals surface area contributed by atoms with Crippen molar-refractivity contribution < 1.29 is 19.1 Å². The van der Waals surface area contributed by atoms with Gasteiger partial charge in [-0.05, 0) is 40.0 Å². The Kier molecular flexibility index (Phi) is 8.44. The van der Waals surface area contributed by atoms with Crippen LogP contribution >= 0.6 is 0 Å². The second-order valence-electron chi connectivity index (χ2n) is 5.84. The molecule has 112 valence electrons. The standard InChI is InChI=1S/C15H28O4/c1-6-9-12(14(17)19-15(2,3)4)10-7-8-11-13(16)18-5/h12H,6-11H2,1-5H3. The van der Waals surface area contributed by atoms with Crippen LogP contribution in [0.25, 0.3) is 0 Å². The molecule has 4 nitrogen and oxygen atoms in total. The molecule has 0 saturated carbocycles. The maximum atomic E-state index is 12.0. The van der Waals surface area contributed by atoms with Crippen LogP contribution in [0.1, 0.15) is 66.2 Å². The van der Waals surface area contributed by atoms with Gasteiger partial charge in [-0.3, -0.25) is 9.59 Å². The minimum atomic E-state index is -0.435. The third-order valence-corrected chi connectivity index (χ3v) is 2.79. The molecule has 0 aromatic carbocycles. The van der Waals surface area contributed by atoms with Gasteiger partial charge < -0.3 is 9.47 Å². The van der Waals surface area contributed by atoms with Crippen molar-refractivity contribution in [2.45, 2.75) is 71.8 Å². The molecule has 0 aliphatic rings. The van der Waals surface area contributed by atoms with Crippen molar-refractivity contribution in [2.75, 3.05) is 7.11 Å². The van der Waals surface area contributed by atoms with E-state index in [1.807, 2.05) is 20.8 Å². The van der Waals surface area contributed by atoms with Gasteiger partial charge in [0.1, 0.15) is 5.60 Å². The van der Waals surface area contributed by atoms with E-state index in [1.165, 1.54) is 7.11 Å². The van der Waals surface area contributed by atoms with Crippen molar-refractivity contribution in [3.8, 4) is 0 Å². The van der Waals surface area contributed by atoms with Gasteiger partial charge in [0.05, 0.1) is 13.0 Å². The smallest absolute Gasteiger partial charge is 0.309 e. The highest BCUT2D eigenvalue weighted by Gasteiger charge is 2.24. The molecule has 0 heterocycles. The van der Waals surface area contributed by atoms with E-state index in [2.05, 4.69) is 11.7 Å². The molecule has 0 aliphatic carbocycles. The molecule has 0 fully saturated rings. The third kappa shape index (κ3) is 9.51. The fraction of sp³-hybridized carbons (Fsp3) is 0.867. The average Bonchev–Trinajstić information content (AvgIpc) is 2.30. The van der Waals surface area contributed by atoms with Crippen LogP contribution in [0, 0.1) is 5.92 Å². The van der Waals surface area contributed by atoms with E-state index in [0.29, 0.717) is 6.42 Å². The molecule has 1 unspecified atom stereocenters. The Morgan fingerprint density at radius 3 is 2.21 bits per heavy atom. The second-order valence-corrected chi connectivity index (χ2v) is 5.84. The zero-order valence-corrected chi connectivity index (χ0v) is 13.0. The first-order valence-electron chi connectivity index (χ1n) is 7.09. The molecule has 0 radical (unpaired) electrons. The number of carbonyl (C=O) groups excluding carboxylic acids is 2. The Balaban J connectivity index is 4.11. The number of rotatable bonds is 8. The molecule has 1 atom stereocenters. The minimum Gasteiger partial charge on any atom is -0.469 e. The van der Waals surface area contributed by atoms with Crippen LogP contribution in [0.15, 0.2) is 0 Å². The van der Waals surface area contributed by atoms with Crippen LogP contribution in [-0.4, -0.2) is 24.6 Å². The van der Waals surface area contributed by atoms with Crippen molar-refractivity contribution in [1.29, 1.82) is 0 Å². The molecule has 0 aromatic heterocycles. The highest BCUT2D eigenvalue weighted by molar-refractivity contribution is 5.72. The van der Waals surface area contributed by atoms with E-state index in [0.717, 1.165) is 32.1 Å². The van der Waals surface area contributed by atoms with Gasteiger partial charge in [0.25, 0.3) is 0 Å². The van der Waals surface area contributed by atoms with Gasteiger partial charge in [0.2, 0.25) is 0 Å². The molecule has 4 heteroatoms. The number of ether oxygens (including phenoxy) is 2. The Morgan fingerprint density at radius 1 is 1.11 bits per heavy atom. The fourth-order valence-corrected chi connectivity index (χ4v) is 1.88. The highest BCUT2D eigenvalue weighted by Crippen LogP contribution is 2.20. The predicted molar refractivity (Wildman–Crippen MR) is 74.7 cm³/mol. The lowest BCUT2D eigenvalue weighted by molar-refractivity contribution is -0.160. The van der Waals surface area contributed by atoms with Gasteiger partial charge in [0.15, 0.2) is 0 Å². The molecular weight excluding hydrogens is 244 g/mol. The largest absolute Gasteiger partial charge is 0.469 e. The molecule has 0 aromatic rings. The van der Waals surface area contributed by atoms with Gasteiger partial charge in [-0.1, -0.05) is 19.8 Å². The second kappa shape index (κ2) is 8.94. The summed E-state index contributed by atoms with van der Waals surface area (Å²) in [6.07, 6.45) is 4.60. The summed E-state index contributed by atoms with van der Waals surface area (Å²) >= 11 is 0. The molecule has 0 aliphatic heterocycles. The van der Waals surface area contributed by atoms with Gasteiger partial charge in [-0.15, -0.1) is 0 Å². The van der Waals surface area contributed by atoms with Crippen LogP contribution in [-0.2, 0) is 19.1 Å². The van der Waals surface area contributed by atoms with Gasteiger partial charge in [-0.25, -0.2) is 0 Å². The molecule has 0 amide bonds. The van der Waals surface area contributed by atoms with Gasteiger partial charge >= 0.3 is 11.9 Å². The summed E-state index contributed by atoms with van der Waals surface area (Å²) in [5.41, 5.74) is -0.435. The number of hydrogen-bond acceptors (Lipinski definition) is 4. The van der Waals surface area contributed by atoms with Crippen molar-refractivity contribution in [3.63, 3.8) is 0 Å². The van der Waals surface area contributed by atoms with Crippen LogP contribution in [0.4, 0.5) is 0 Å². The van der Waals surface area contributed by atoms with E-state index in [4.69, 9.17) is 4.74 Å². The SMILES string of the molecule is CCCC(CCCCC(=O)OC)C(=O)OC(C)(C)C. The first-order valence-corrected chi connectivity index (χ1v) is 7.09. The summed E-state index contributed by atoms with van der Waals surface area (Å²) in [6, 6.07) is 0. The highest BCUT2D eigenvalue weighted by atomic mass is 16.6. The van der Waals surface area contributed by atoms with Crippen LogP contribution in [0.5, 0.6) is 0 Å². The van der Waals surface area contributed by atoms with Crippen LogP contribution in [0.3, 0.4) is 0 Å². The summed E-state index contributed by atoms with van der Waals surface area (Å²) in [7, 11) is 1.39. The van der Waals surface area contributed by atoms with E-state index >= 15 is 0 Å². The number of unbranched alkanes of at least 4 members (excludes halogenated alkanes) is 1. The lowest BCUT2D eigenvalue weighted by atomic mass is 9.96. The minimum absolute atomic E-state index is 0.0538. The van der Waals surface area contributed by atoms with Crippen LogP contribution in [0.2, 0.25) is 0 Å². The maximum Gasteiger partial charge on any atom is 0.309 e. The van der Waals surface area contributed by atoms with Gasteiger partial charge in [-0.2, -0.15) is 0 Å². The Bertz CT molecular complexity index is 278. The molecule has 0 bridgehead atoms. The average molecular weight is 272 g/mol. The topological polar surface area (TPSA) is 52.6 Å². The zero-order chi connectivity index (χ0) is 14.9. The van der Waals surface area contributed by atoms with Crippen LogP contribution < -0.4 is 0 Å². The monoisotopic (exact) mass is 272 g/mol. The summed E-state index contributed by atoms with van der Waals surface area (Å²) in [5.74, 6) is -0.362. The van der Waals surface area contributed by atoms with E-state index in [9.17, 15) is 9.59 Å². The molecule has 0 spiro atoms. The fourth-order valence-electron chi connectivity index (χ4n) is 1.88. The Labute approximate surface area is 116 Å². The first kappa shape index (κ1) is 17.9. The Morgan fingerprint density at radius 2 is 1.74 bits per heavy atom. The number of methoxy groups -OCH3 is 1. The van der Waals surface area contributed by atoms with E-state index in [-0.39, 0.29) is 17.9 Å². The van der Waals surface area contributed by atoms with Crippen molar-refractivity contribution >= 4 is 11.9 Å². The van der Waals surface area contributed by atoms with Crippen molar-refractivity contribution in [2.24, 2.45) is 5.92 Å². The van der Waals surface area contributed by atoms with E-state index < -0.39 is 5.60 Å². The summed E-state index contributed by atoms with van der Waals surface area (Å²) in [6.45, 7) is 7.70. The molecular formula is C15H28O4.